The summed E-state index contributed by atoms with van der Waals surface area (Å²) in [7, 11) is 0. The molecule has 2 heterocycles. The third kappa shape index (κ3) is 3.94. The molecule has 2 N–H and O–H groups in total. The number of fused-ring (bicyclic) bond motifs is 3. The lowest BCUT2D eigenvalue weighted by molar-refractivity contribution is -0.117. The Kier molecular flexibility index (Phi) is 6.16. The Hall–Kier alpha value is -3.05. The summed E-state index contributed by atoms with van der Waals surface area (Å²) in [5, 5.41) is 15.4. The van der Waals surface area contributed by atoms with Crippen LogP contribution >= 0.6 is 11.8 Å². The molecule has 0 aliphatic rings. The van der Waals surface area contributed by atoms with Crippen molar-refractivity contribution in [2.45, 2.75) is 31.7 Å². The zero-order valence-electron chi connectivity index (χ0n) is 15.8. The van der Waals surface area contributed by atoms with Crippen LogP contribution in [-0.2, 0) is 11.2 Å². The lowest BCUT2D eigenvalue weighted by Crippen LogP contribution is -2.40. The van der Waals surface area contributed by atoms with Crippen LogP contribution in [0.3, 0.4) is 0 Å². The van der Waals surface area contributed by atoms with Gasteiger partial charge >= 0.3 is 6.03 Å². The van der Waals surface area contributed by atoms with Gasteiger partial charge in [-0.3, -0.25) is 14.5 Å². The highest BCUT2D eigenvalue weighted by atomic mass is 32.2. The first-order chi connectivity index (χ1) is 13.6. The lowest BCUT2D eigenvalue weighted by atomic mass is 10.1. The van der Waals surface area contributed by atoms with E-state index < -0.39 is 6.03 Å². The molecule has 0 unspecified atom stereocenters. The maximum atomic E-state index is 12.1. The SMILES string of the molecule is CCCNC(=O)NC(=O)CSc1cc(CC)c(C#N)c2nc3ccccc3n12. The normalized spacial score (nSPS) is 10.8. The first kappa shape index (κ1) is 19.7. The number of hydrogen-bond acceptors (Lipinski definition) is 5. The molecule has 0 atom stereocenters. The van der Waals surface area contributed by atoms with Crippen molar-refractivity contribution in [3.63, 3.8) is 0 Å². The molecule has 0 fully saturated rings. The molecule has 0 bridgehead atoms. The molecule has 3 aromatic rings. The van der Waals surface area contributed by atoms with Crippen molar-refractivity contribution in [2.24, 2.45) is 0 Å². The number of benzene rings is 1. The number of thioether (sulfide) groups is 1. The van der Waals surface area contributed by atoms with Crippen LogP contribution in [0.2, 0.25) is 0 Å². The van der Waals surface area contributed by atoms with E-state index in [-0.39, 0.29) is 11.7 Å². The summed E-state index contributed by atoms with van der Waals surface area (Å²) in [5.41, 5.74) is 3.68. The molecule has 28 heavy (non-hydrogen) atoms. The summed E-state index contributed by atoms with van der Waals surface area (Å²) < 4.78 is 1.90. The van der Waals surface area contributed by atoms with Gasteiger partial charge in [-0.15, -0.1) is 0 Å². The number of nitriles is 1. The van der Waals surface area contributed by atoms with Gasteiger partial charge in [0.1, 0.15) is 6.07 Å². The maximum Gasteiger partial charge on any atom is 0.321 e. The van der Waals surface area contributed by atoms with Crippen LogP contribution < -0.4 is 10.6 Å². The van der Waals surface area contributed by atoms with Crippen LogP contribution in [0.15, 0.2) is 35.4 Å². The minimum Gasteiger partial charge on any atom is -0.338 e. The van der Waals surface area contributed by atoms with Crippen molar-refractivity contribution in [1.29, 1.82) is 5.26 Å². The van der Waals surface area contributed by atoms with Gasteiger partial charge in [0.25, 0.3) is 0 Å². The topological polar surface area (TPSA) is 99.3 Å². The molecule has 7 nitrogen and oxygen atoms in total. The van der Waals surface area contributed by atoms with Crippen molar-refractivity contribution in [2.75, 3.05) is 12.3 Å². The highest BCUT2D eigenvalue weighted by Crippen LogP contribution is 2.29. The van der Waals surface area contributed by atoms with Crippen LogP contribution in [0.5, 0.6) is 0 Å². The van der Waals surface area contributed by atoms with Gasteiger partial charge in [-0.2, -0.15) is 5.26 Å². The number of para-hydroxylation sites is 2. The predicted molar refractivity (Wildman–Crippen MR) is 109 cm³/mol. The molecule has 0 saturated heterocycles. The number of hydrogen-bond donors (Lipinski definition) is 2. The Morgan fingerprint density at radius 3 is 2.79 bits per heavy atom. The van der Waals surface area contributed by atoms with Crippen molar-refractivity contribution in [1.82, 2.24) is 20.0 Å². The molecule has 0 aliphatic carbocycles. The van der Waals surface area contributed by atoms with Crippen LogP contribution in [0.1, 0.15) is 31.4 Å². The van der Waals surface area contributed by atoms with Gasteiger partial charge in [0.15, 0.2) is 5.65 Å². The summed E-state index contributed by atoms with van der Waals surface area (Å²) in [4.78, 5) is 28.4. The highest BCUT2D eigenvalue weighted by Gasteiger charge is 2.17. The Morgan fingerprint density at radius 2 is 2.07 bits per heavy atom. The van der Waals surface area contributed by atoms with Crippen LogP contribution in [-0.4, -0.2) is 33.6 Å². The van der Waals surface area contributed by atoms with Gasteiger partial charge in [-0.25, -0.2) is 9.78 Å². The van der Waals surface area contributed by atoms with Gasteiger partial charge in [-0.1, -0.05) is 37.7 Å². The third-order valence-corrected chi connectivity index (χ3v) is 5.26. The van der Waals surface area contributed by atoms with E-state index in [1.807, 2.05) is 48.6 Å². The Morgan fingerprint density at radius 1 is 1.29 bits per heavy atom. The molecule has 1 aromatic carbocycles. The molecule has 0 saturated carbocycles. The summed E-state index contributed by atoms with van der Waals surface area (Å²) in [6.07, 6.45) is 1.48. The summed E-state index contributed by atoms with van der Waals surface area (Å²) in [6, 6.07) is 11.3. The molecular formula is C20H21N5O2S. The quantitative estimate of drug-likeness (QED) is 0.624. The van der Waals surface area contributed by atoms with E-state index in [1.165, 1.54) is 11.8 Å². The first-order valence-corrected chi connectivity index (χ1v) is 10.1. The minimum atomic E-state index is -0.486. The predicted octanol–water partition coefficient (Wildman–Crippen LogP) is 3.25. The summed E-state index contributed by atoms with van der Waals surface area (Å²) in [5.74, 6) is -0.297. The van der Waals surface area contributed by atoms with Gasteiger partial charge in [-0.05, 0) is 36.6 Å². The number of imide groups is 1. The monoisotopic (exact) mass is 395 g/mol. The van der Waals surface area contributed by atoms with E-state index in [0.717, 1.165) is 28.0 Å². The molecule has 0 aliphatic heterocycles. The van der Waals surface area contributed by atoms with E-state index in [9.17, 15) is 14.9 Å². The number of imidazole rings is 1. The number of carbonyl (C=O) groups excluding carboxylic acids is 2. The first-order valence-electron chi connectivity index (χ1n) is 9.12. The fraction of sp³-hybridized carbons (Fsp3) is 0.300. The Bertz CT molecular complexity index is 1080. The molecule has 3 amide bonds. The average molecular weight is 395 g/mol. The maximum absolute atomic E-state index is 12.1. The molecular weight excluding hydrogens is 374 g/mol. The molecule has 0 spiro atoms. The number of aromatic nitrogens is 2. The van der Waals surface area contributed by atoms with Crippen LogP contribution in [0, 0.1) is 11.3 Å². The van der Waals surface area contributed by atoms with Crippen molar-refractivity contribution in [3.05, 3.63) is 41.5 Å². The van der Waals surface area contributed by atoms with Crippen molar-refractivity contribution < 1.29 is 9.59 Å². The van der Waals surface area contributed by atoms with E-state index in [1.54, 1.807) is 0 Å². The molecule has 8 heteroatoms. The number of amides is 3. The third-order valence-electron chi connectivity index (χ3n) is 4.26. The number of pyridine rings is 1. The molecule has 2 aromatic heterocycles. The number of aryl methyl sites for hydroxylation is 1. The van der Waals surface area contributed by atoms with Gasteiger partial charge in [0, 0.05) is 6.54 Å². The number of nitrogens with zero attached hydrogens (tertiary/aromatic N) is 3. The standard InChI is InChI=1S/C20H21N5O2S/c1-3-9-22-20(27)24-17(26)12-28-18-10-13(4-2)14(11-21)19-23-15-7-5-6-8-16(15)25(18)19/h5-8,10H,3-4,9,12H2,1-2H3,(H2,22,24,26,27). The molecule has 3 rings (SSSR count). The zero-order valence-corrected chi connectivity index (χ0v) is 16.6. The summed E-state index contributed by atoms with van der Waals surface area (Å²) in [6.45, 7) is 4.44. The fourth-order valence-corrected chi connectivity index (χ4v) is 3.83. The largest absolute Gasteiger partial charge is 0.338 e. The van der Waals surface area contributed by atoms with Crippen LogP contribution in [0.4, 0.5) is 4.79 Å². The molecule has 144 valence electrons. The Balaban J connectivity index is 1.93. The van der Waals surface area contributed by atoms with Gasteiger partial charge in [0.05, 0.1) is 27.4 Å². The highest BCUT2D eigenvalue weighted by molar-refractivity contribution is 7.99. The number of urea groups is 1. The second-order valence-corrected chi connectivity index (χ2v) is 7.20. The van der Waals surface area contributed by atoms with Gasteiger partial charge in [0.2, 0.25) is 5.91 Å². The van der Waals surface area contributed by atoms with E-state index in [2.05, 4.69) is 21.7 Å². The second kappa shape index (κ2) is 8.76. The van der Waals surface area contributed by atoms with E-state index >= 15 is 0 Å². The smallest absolute Gasteiger partial charge is 0.321 e. The number of nitrogens with one attached hydrogen (secondary N) is 2. The fourth-order valence-electron chi connectivity index (χ4n) is 2.94. The lowest BCUT2D eigenvalue weighted by Gasteiger charge is -2.11. The molecule has 0 radical (unpaired) electrons. The van der Waals surface area contributed by atoms with E-state index in [0.29, 0.717) is 24.2 Å². The minimum absolute atomic E-state index is 0.0796. The van der Waals surface area contributed by atoms with Crippen molar-refractivity contribution in [3.8, 4) is 6.07 Å². The van der Waals surface area contributed by atoms with Crippen LogP contribution in [0.25, 0.3) is 16.7 Å². The van der Waals surface area contributed by atoms with Gasteiger partial charge < -0.3 is 5.32 Å². The second-order valence-electron chi connectivity index (χ2n) is 6.20. The van der Waals surface area contributed by atoms with Crippen molar-refractivity contribution >= 4 is 40.4 Å². The van der Waals surface area contributed by atoms with E-state index in [4.69, 9.17) is 0 Å². The number of carbonyl (C=O) groups is 2. The zero-order chi connectivity index (χ0) is 20.1. The average Bonchev–Trinajstić information content (AvgIpc) is 3.09. The summed E-state index contributed by atoms with van der Waals surface area (Å²) >= 11 is 1.31. The number of rotatable bonds is 6. The Labute approximate surface area is 167 Å².